The molecule has 50 valence electrons. The van der Waals surface area contributed by atoms with E-state index >= 15 is 0 Å². The summed E-state index contributed by atoms with van der Waals surface area (Å²) in [4.78, 5) is 0. The van der Waals surface area contributed by atoms with Crippen molar-refractivity contribution in [1.29, 1.82) is 0 Å². The van der Waals surface area contributed by atoms with E-state index in [2.05, 4.69) is 15.9 Å². The molecule has 8 heavy (non-hydrogen) atoms. The fourth-order valence-corrected chi connectivity index (χ4v) is 1.41. The van der Waals surface area contributed by atoms with Crippen molar-refractivity contribution in [1.82, 2.24) is 0 Å². The second kappa shape index (κ2) is 3.46. The summed E-state index contributed by atoms with van der Waals surface area (Å²) in [5, 5.41) is 9.68. The maximum Gasteiger partial charge on any atom is 0.0482 e. The van der Waals surface area contributed by atoms with Crippen LogP contribution in [0.25, 0.3) is 0 Å². The summed E-state index contributed by atoms with van der Waals surface area (Å²) in [5.74, 6) is 0. The molecule has 1 nitrogen and oxygen atoms in total. The Hall–Kier alpha value is 0.440. The van der Waals surface area contributed by atoms with Gasteiger partial charge in [0.05, 0.1) is 0 Å². The monoisotopic (exact) mass is 180 g/mol. The zero-order valence-electron chi connectivity index (χ0n) is 5.45. The maximum absolute atomic E-state index is 8.70. The van der Waals surface area contributed by atoms with Crippen molar-refractivity contribution < 1.29 is 5.11 Å². The maximum atomic E-state index is 8.70. The third kappa shape index (κ3) is 3.44. The number of aliphatic hydroxyl groups excluding tert-OH is 1. The van der Waals surface area contributed by atoms with Gasteiger partial charge in [-0.2, -0.15) is 0 Å². The lowest BCUT2D eigenvalue weighted by atomic mass is 9.92. The molecular formula is C6H13BrO. The van der Waals surface area contributed by atoms with Crippen molar-refractivity contribution >= 4 is 15.9 Å². The van der Waals surface area contributed by atoms with Crippen molar-refractivity contribution in [3.8, 4) is 0 Å². The molecule has 0 unspecified atom stereocenters. The van der Waals surface area contributed by atoms with Crippen LogP contribution in [0, 0.1) is 5.41 Å². The molecule has 0 aromatic carbocycles. The van der Waals surface area contributed by atoms with Crippen molar-refractivity contribution in [3.05, 3.63) is 0 Å². The number of alkyl halides is 1. The molecule has 0 bridgehead atoms. The largest absolute Gasteiger partial charge is 0.396 e. The van der Waals surface area contributed by atoms with Gasteiger partial charge in [0.2, 0.25) is 0 Å². The molecule has 0 fully saturated rings. The van der Waals surface area contributed by atoms with E-state index in [0.29, 0.717) is 0 Å². The fourth-order valence-electron chi connectivity index (χ4n) is 0.335. The van der Waals surface area contributed by atoms with Gasteiger partial charge in [0.1, 0.15) is 0 Å². The van der Waals surface area contributed by atoms with Crippen molar-refractivity contribution in [3.63, 3.8) is 0 Å². The average molecular weight is 181 g/mol. The van der Waals surface area contributed by atoms with Crippen LogP contribution in [0.1, 0.15) is 20.3 Å². The first-order chi connectivity index (χ1) is 3.62. The SMILES string of the molecule is CC(C)(CO)CCBr. The molecule has 0 aliphatic heterocycles. The number of halogens is 1. The number of aliphatic hydroxyl groups is 1. The summed E-state index contributed by atoms with van der Waals surface area (Å²) in [5.41, 5.74) is 0.101. The Labute approximate surface area is 59.2 Å². The molecule has 0 heterocycles. The van der Waals surface area contributed by atoms with Gasteiger partial charge in [0.15, 0.2) is 0 Å². The molecule has 0 rings (SSSR count). The van der Waals surface area contributed by atoms with E-state index in [0.717, 1.165) is 11.8 Å². The summed E-state index contributed by atoms with van der Waals surface area (Å²) in [6.07, 6.45) is 1.03. The minimum Gasteiger partial charge on any atom is -0.396 e. The lowest BCUT2D eigenvalue weighted by Gasteiger charge is -2.18. The van der Waals surface area contributed by atoms with E-state index in [4.69, 9.17) is 5.11 Å². The van der Waals surface area contributed by atoms with Crippen LogP contribution in [0.4, 0.5) is 0 Å². The van der Waals surface area contributed by atoms with Crippen molar-refractivity contribution in [2.24, 2.45) is 5.41 Å². The van der Waals surface area contributed by atoms with Crippen LogP contribution in [0.3, 0.4) is 0 Å². The Morgan fingerprint density at radius 2 is 2.00 bits per heavy atom. The average Bonchev–Trinajstić information content (AvgIpc) is 1.67. The Morgan fingerprint density at radius 1 is 1.50 bits per heavy atom. The molecule has 0 spiro atoms. The summed E-state index contributed by atoms with van der Waals surface area (Å²) in [7, 11) is 0. The highest BCUT2D eigenvalue weighted by Crippen LogP contribution is 2.19. The fraction of sp³-hybridized carbons (Fsp3) is 1.00. The predicted octanol–water partition coefficient (Wildman–Crippen LogP) is 1.79. The second-order valence-corrected chi connectivity index (χ2v) is 3.55. The molecule has 0 radical (unpaired) electrons. The molecule has 2 heteroatoms. The van der Waals surface area contributed by atoms with Crippen LogP contribution in [0.2, 0.25) is 0 Å². The summed E-state index contributed by atoms with van der Waals surface area (Å²) >= 11 is 3.31. The highest BCUT2D eigenvalue weighted by atomic mass is 79.9. The van der Waals surface area contributed by atoms with Gasteiger partial charge in [-0.25, -0.2) is 0 Å². The van der Waals surface area contributed by atoms with Crippen LogP contribution >= 0.6 is 15.9 Å². The molecule has 0 saturated carbocycles. The van der Waals surface area contributed by atoms with Gasteiger partial charge in [0.25, 0.3) is 0 Å². The topological polar surface area (TPSA) is 20.2 Å². The van der Waals surface area contributed by atoms with Gasteiger partial charge in [0, 0.05) is 11.9 Å². The third-order valence-corrected chi connectivity index (χ3v) is 1.60. The number of rotatable bonds is 3. The molecule has 0 aromatic heterocycles. The van der Waals surface area contributed by atoms with E-state index in [1.54, 1.807) is 0 Å². The Kier molecular flexibility index (Phi) is 3.65. The van der Waals surface area contributed by atoms with Crippen LogP contribution < -0.4 is 0 Å². The molecule has 0 amide bonds. The van der Waals surface area contributed by atoms with Crippen molar-refractivity contribution in [2.45, 2.75) is 20.3 Å². The zero-order valence-corrected chi connectivity index (χ0v) is 7.03. The van der Waals surface area contributed by atoms with Gasteiger partial charge >= 0.3 is 0 Å². The van der Waals surface area contributed by atoms with Gasteiger partial charge in [-0.15, -0.1) is 0 Å². The Bertz CT molecular complexity index is 61.5. The highest BCUT2D eigenvalue weighted by molar-refractivity contribution is 9.09. The second-order valence-electron chi connectivity index (χ2n) is 2.76. The first-order valence-electron chi connectivity index (χ1n) is 2.79. The summed E-state index contributed by atoms with van der Waals surface area (Å²) in [6, 6.07) is 0. The van der Waals surface area contributed by atoms with Crippen molar-refractivity contribution in [2.75, 3.05) is 11.9 Å². The quantitative estimate of drug-likeness (QED) is 0.658. The standard InChI is InChI=1S/C6H13BrO/c1-6(2,5-8)3-4-7/h8H,3-5H2,1-2H3. The lowest BCUT2D eigenvalue weighted by Crippen LogP contribution is -2.16. The van der Waals surface area contributed by atoms with Gasteiger partial charge in [-0.3, -0.25) is 0 Å². The van der Waals surface area contributed by atoms with Crippen LogP contribution in [0.15, 0.2) is 0 Å². The smallest absolute Gasteiger partial charge is 0.0482 e. The first-order valence-corrected chi connectivity index (χ1v) is 3.91. The predicted molar refractivity (Wildman–Crippen MR) is 39.3 cm³/mol. The van der Waals surface area contributed by atoms with Gasteiger partial charge in [-0.1, -0.05) is 29.8 Å². The first kappa shape index (κ1) is 8.44. The highest BCUT2D eigenvalue weighted by Gasteiger charge is 2.13. The number of hydrogen-bond acceptors (Lipinski definition) is 1. The van der Waals surface area contributed by atoms with E-state index in [1.807, 2.05) is 13.8 Å². The summed E-state index contributed by atoms with van der Waals surface area (Å²) < 4.78 is 0. The molecule has 1 N–H and O–H groups in total. The molecule has 0 atom stereocenters. The van der Waals surface area contributed by atoms with E-state index in [-0.39, 0.29) is 12.0 Å². The number of hydrogen-bond donors (Lipinski definition) is 1. The third-order valence-electron chi connectivity index (χ3n) is 1.20. The Morgan fingerprint density at radius 3 is 2.12 bits per heavy atom. The van der Waals surface area contributed by atoms with Crippen LogP contribution in [-0.2, 0) is 0 Å². The normalized spacial score (nSPS) is 12.0. The van der Waals surface area contributed by atoms with E-state index < -0.39 is 0 Å². The zero-order chi connectivity index (χ0) is 6.62. The molecule has 0 aliphatic rings. The Balaban J connectivity index is 3.37. The molecule has 0 aromatic rings. The van der Waals surface area contributed by atoms with Gasteiger partial charge < -0.3 is 5.11 Å². The van der Waals surface area contributed by atoms with E-state index in [9.17, 15) is 0 Å². The van der Waals surface area contributed by atoms with Gasteiger partial charge in [-0.05, 0) is 11.8 Å². The minimum absolute atomic E-state index is 0.101. The molecular weight excluding hydrogens is 168 g/mol. The summed E-state index contributed by atoms with van der Waals surface area (Å²) in [6.45, 7) is 4.38. The minimum atomic E-state index is 0.101. The molecule has 0 saturated heterocycles. The lowest BCUT2D eigenvalue weighted by molar-refractivity contribution is 0.157. The van der Waals surface area contributed by atoms with Crippen LogP contribution in [0.5, 0.6) is 0 Å². The van der Waals surface area contributed by atoms with E-state index in [1.165, 1.54) is 0 Å². The molecule has 0 aliphatic carbocycles. The van der Waals surface area contributed by atoms with Crippen LogP contribution in [-0.4, -0.2) is 17.0 Å².